The molecule has 130 valence electrons. The normalized spacial score (nSPS) is 12.2. The van der Waals surface area contributed by atoms with Crippen LogP contribution in [0.2, 0.25) is 5.02 Å². The zero-order valence-corrected chi connectivity index (χ0v) is 14.4. The van der Waals surface area contributed by atoms with Crippen molar-refractivity contribution < 1.29 is 9.72 Å². The van der Waals surface area contributed by atoms with E-state index in [1.165, 1.54) is 4.68 Å². The summed E-state index contributed by atoms with van der Waals surface area (Å²) in [5.74, 6) is -0.245. The van der Waals surface area contributed by atoms with Crippen LogP contribution in [0.15, 0.2) is 12.4 Å². The fourth-order valence-electron chi connectivity index (χ4n) is 2.30. The van der Waals surface area contributed by atoms with Crippen LogP contribution in [0.5, 0.6) is 0 Å². The highest BCUT2D eigenvalue weighted by molar-refractivity contribution is 6.31. The Morgan fingerprint density at radius 1 is 1.50 bits per heavy atom. The van der Waals surface area contributed by atoms with Crippen molar-refractivity contribution in [3.63, 3.8) is 0 Å². The summed E-state index contributed by atoms with van der Waals surface area (Å²) < 4.78 is 3.08. The monoisotopic (exact) mass is 354 g/mol. The minimum absolute atomic E-state index is 0.0967. The van der Waals surface area contributed by atoms with Crippen LogP contribution in [0.25, 0.3) is 0 Å². The van der Waals surface area contributed by atoms with Gasteiger partial charge in [-0.15, -0.1) is 0 Å². The lowest BCUT2D eigenvalue weighted by molar-refractivity contribution is -0.385. The summed E-state index contributed by atoms with van der Waals surface area (Å²) in [6, 6.07) is -0.625. The van der Waals surface area contributed by atoms with Crippen LogP contribution in [0.4, 0.5) is 5.69 Å². The van der Waals surface area contributed by atoms with Crippen molar-refractivity contribution in [2.24, 2.45) is 0 Å². The number of halogens is 1. The van der Waals surface area contributed by atoms with E-state index >= 15 is 0 Å². The maximum absolute atomic E-state index is 12.2. The summed E-state index contributed by atoms with van der Waals surface area (Å²) in [5, 5.41) is 22.4. The van der Waals surface area contributed by atoms with Crippen LogP contribution in [0.3, 0.4) is 0 Å². The molecule has 0 fully saturated rings. The standard InChI is InChI=1S/C14H19ClN6O3/c1-9-12(15)8-19(18-9)6-4-5-16-14(22)11(3)20-10(2)13(7-17-20)21(23)24/h7-8,11H,4-6H2,1-3H3,(H,16,22). The first-order chi connectivity index (χ1) is 11.3. The van der Waals surface area contributed by atoms with Gasteiger partial charge >= 0.3 is 5.69 Å². The van der Waals surface area contributed by atoms with Gasteiger partial charge in [-0.1, -0.05) is 11.6 Å². The van der Waals surface area contributed by atoms with E-state index in [0.29, 0.717) is 30.2 Å². The molecule has 2 heterocycles. The second-order valence-corrected chi connectivity index (χ2v) is 5.87. The number of nitrogens with zero attached hydrogens (tertiary/aromatic N) is 5. The van der Waals surface area contributed by atoms with Crippen LogP contribution in [0.1, 0.15) is 30.8 Å². The molecule has 0 aliphatic carbocycles. The third-order valence-electron chi connectivity index (χ3n) is 3.71. The molecule has 0 radical (unpaired) electrons. The Labute approximate surface area is 143 Å². The Balaban J connectivity index is 1.84. The van der Waals surface area contributed by atoms with Crippen molar-refractivity contribution in [1.82, 2.24) is 24.9 Å². The first kappa shape index (κ1) is 17.9. The Hall–Kier alpha value is -2.42. The number of nitrogens with one attached hydrogen (secondary N) is 1. The highest BCUT2D eigenvalue weighted by atomic mass is 35.5. The number of nitro groups is 1. The highest BCUT2D eigenvalue weighted by Crippen LogP contribution is 2.19. The zero-order chi connectivity index (χ0) is 17.9. The Morgan fingerprint density at radius 3 is 2.75 bits per heavy atom. The van der Waals surface area contributed by atoms with Crippen molar-refractivity contribution >= 4 is 23.2 Å². The molecular weight excluding hydrogens is 336 g/mol. The molecule has 0 aliphatic heterocycles. The molecule has 2 aromatic rings. The summed E-state index contributed by atoms with van der Waals surface area (Å²) in [6.45, 7) is 6.14. The quantitative estimate of drug-likeness (QED) is 0.465. The Kier molecular flexibility index (Phi) is 5.55. The number of amides is 1. The molecule has 2 rings (SSSR count). The average Bonchev–Trinajstić information content (AvgIpc) is 3.05. The fraction of sp³-hybridized carbons (Fsp3) is 0.500. The van der Waals surface area contributed by atoms with Crippen molar-refractivity contribution in [2.45, 2.75) is 39.8 Å². The zero-order valence-electron chi connectivity index (χ0n) is 13.7. The average molecular weight is 355 g/mol. The van der Waals surface area contributed by atoms with Crippen molar-refractivity contribution in [1.29, 1.82) is 0 Å². The largest absolute Gasteiger partial charge is 0.354 e. The van der Waals surface area contributed by atoms with Gasteiger partial charge in [-0.2, -0.15) is 10.2 Å². The number of hydrogen-bond acceptors (Lipinski definition) is 5. The van der Waals surface area contributed by atoms with Gasteiger partial charge in [0.1, 0.15) is 17.9 Å². The minimum atomic E-state index is -0.625. The number of hydrogen-bond donors (Lipinski definition) is 1. The van der Waals surface area contributed by atoms with Gasteiger partial charge in [-0.05, 0) is 27.2 Å². The van der Waals surface area contributed by atoms with Gasteiger partial charge < -0.3 is 5.32 Å². The maximum Gasteiger partial charge on any atom is 0.309 e. The van der Waals surface area contributed by atoms with E-state index in [1.807, 2.05) is 6.92 Å². The smallest absolute Gasteiger partial charge is 0.309 e. The van der Waals surface area contributed by atoms with Crippen LogP contribution < -0.4 is 5.32 Å². The summed E-state index contributed by atoms with van der Waals surface area (Å²) in [6.07, 6.45) is 3.59. The van der Waals surface area contributed by atoms with Gasteiger partial charge in [0.25, 0.3) is 0 Å². The van der Waals surface area contributed by atoms with Gasteiger partial charge in [-0.3, -0.25) is 24.3 Å². The number of aromatic nitrogens is 4. The second-order valence-electron chi connectivity index (χ2n) is 5.46. The molecule has 10 heteroatoms. The lowest BCUT2D eigenvalue weighted by Gasteiger charge is -2.14. The molecule has 0 aromatic carbocycles. The predicted octanol–water partition coefficient (Wildman–Crippen LogP) is 2.03. The van der Waals surface area contributed by atoms with E-state index < -0.39 is 11.0 Å². The summed E-state index contributed by atoms with van der Waals surface area (Å²) >= 11 is 5.93. The van der Waals surface area contributed by atoms with E-state index in [1.54, 1.807) is 24.7 Å². The maximum atomic E-state index is 12.2. The molecule has 0 bridgehead atoms. The molecule has 1 unspecified atom stereocenters. The topological polar surface area (TPSA) is 108 Å². The first-order valence-electron chi connectivity index (χ1n) is 7.47. The molecule has 2 aromatic heterocycles. The van der Waals surface area contributed by atoms with Crippen LogP contribution in [0, 0.1) is 24.0 Å². The van der Waals surface area contributed by atoms with Gasteiger partial charge in [0.05, 0.1) is 15.6 Å². The minimum Gasteiger partial charge on any atom is -0.354 e. The Bertz CT molecular complexity index is 734. The van der Waals surface area contributed by atoms with Crippen molar-refractivity contribution in [2.75, 3.05) is 6.54 Å². The number of carbonyl (C=O) groups is 1. The highest BCUT2D eigenvalue weighted by Gasteiger charge is 2.23. The van der Waals surface area contributed by atoms with Gasteiger partial charge in [0.2, 0.25) is 5.91 Å². The van der Waals surface area contributed by atoms with Crippen LogP contribution in [-0.4, -0.2) is 36.9 Å². The van der Waals surface area contributed by atoms with Crippen LogP contribution >= 0.6 is 11.6 Å². The van der Waals surface area contributed by atoms with E-state index in [2.05, 4.69) is 15.5 Å². The van der Waals surface area contributed by atoms with E-state index in [9.17, 15) is 14.9 Å². The molecule has 9 nitrogen and oxygen atoms in total. The molecule has 1 N–H and O–H groups in total. The van der Waals surface area contributed by atoms with Crippen LogP contribution in [-0.2, 0) is 11.3 Å². The molecule has 1 atom stereocenters. The third-order valence-corrected chi connectivity index (χ3v) is 4.08. The molecule has 0 saturated carbocycles. The molecule has 0 spiro atoms. The van der Waals surface area contributed by atoms with Gasteiger partial charge in [0.15, 0.2) is 0 Å². The summed E-state index contributed by atoms with van der Waals surface area (Å²) in [5.41, 5.74) is 1.02. The lowest BCUT2D eigenvalue weighted by atomic mass is 10.3. The molecular formula is C14H19ClN6O3. The lowest BCUT2D eigenvalue weighted by Crippen LogP contribution is -2.33. The van der Waals surface area contributed by atoms with Gasteiger partial charge in [0, 0.05) is 19.3 Å². The third kappa shape index (κ3) is 3.91. The summed E-state index contributed by atoms with van der Waals surface area (Å²) in [4.78, 5) is 22.5. The first-order valence-corrected chi connectivity index (χ1v) is 7.84. The van der Waals surface area contributed by atoms with Crippen molar-refractivity contribution in [3.05, 3.63) is 38.9 Å². The van der Waals surface area contributed by atoms with Gasteiger partial charge in [-0.25, -0.2) is 0 Å². The molecule has 0 saturated heterocycles. The van der Waals surface area contributed by atoms with E-state index in [0.717, 1.165) is 11.9 Å². The predicted molar refractivity (Wildman–Crippen MR) is 87.9 cm³/mol. The number of rotatable bonds is 7. The number of aryl methyl sites for hydroxylation is 2. The molecule has 1 amide bonds. The van der Waals surface area contributed by atoms with E-state index in [4.69, 9.17) is 11.6 Å². The van der Waals surface area contributed by atoms with Crippen molar-refractivity contribution in [3.8, 4) is 0 Å². The number of carbonyl (C=O) groups excluding carboxylic acids is 1. The summed E-state index contributed by atoms with van der Waals surface area (Å²) in [7, 11) is 0. The second kappa shape index (κ2) is 7.43. The molecule has 0 aliphatic rings. The SMILES string of the molecule is Cc1nn(CCCNC(=O)C(C)n2ncc([N+](=O)[O-])c2C)cc1Cl. The molecule has 24 heavy (non-hydrogen) atoms. The Morgan fingerprint density at radius 2 is 2.21 bits per heavy atom. The fourth-order valence-corrected chi connectivity index (χ4v) is 2.45. The van der Waals surface area contributed by atoms with E-state index in [-0.39, 0.29) is 11.6 Å².